The summed E-state index contributed by atoms with van der Waals surface area (Å²) in [6.45, 7) is 2.05. The maximum Gasteiger partial charge on any atom is 0.257 e. The molecule has 4 aromatic rings. The van der Waals surface area contributed by atoms with Crippen LogP contribution in [0.15, 0.2) is 66.7 Å². The van der Waals surface area contributed by atoms with Crippen molar-refractivity contribution in [3.05, 3.63) is 89.0 Å². The van der Waals surface area contributed by atoms with E-state index in [-0.39, 0.29) is 5.91 Å². The highest BCUT2D eigenvalue weighted by Gasteiger charge is 2.10. The number of ether oxygens (including phenoxy) is 1. The van der Waals surface area contributed by atoms with Crippen LogP contribution in [0.25, 0.3) is 10.2 Å². The molecule has 3 aromatic carbocycles. The van der Waals surface area contributed by atoms with Crippen LogP contribution in [-0.4, -0.2) is 18.0 Å². The number of aryl methyl sites for hydroxylation is 3. The van der Waals surface area contributed by atoms with E-state index in [0.29, 0.717) is 10.7 Å². The molecule has 4 nitrogen and oxygen atoms in total. The molecule has 1 amide bonds. The van der Waals surface area contributed by atoms with Crippen molar-refractivity contribution in [1.29, 1.82) is 0 Å². The molecule has 0 saturated carbocycles. The number of hydrogen-bond donors (Lipinski definition) is 1. The lowest BCUT2D eigenvalue weighted by atomic mass is 10.0. The molecule has 29 heavy (non-hydrogen) atoms. The van der Waals surface area contributed by atoms with Crippen molar-refractivity contribution in [3.8, 4) is 5.75 Å². The van der Waals surface area contributed by atoms with Crippen LogP contribution in [-0.2, 0) is 12.8 Å². The van der Waals surface area contributed by atoms with Crippen LogP contribution in [0.5, 0.6) is 5.75 Å². The van der Waals surface area contributed by atoms with Gasteiger partial charge < -0.3 is 4.74 Å². The second-order valence-electron chi connectivity index (χ2n) is 6.99. The molecular formula is C24H22N2O2S. The van der Waals surface area contributed by atoms with Crippen molar-refractivity contribution in [3.63, 3.8) is 0 Å². The van der Waals surface area contributed by atoms with E-state index in [4.69, 9.17) is 4.74 Å². The SMILES string of the molecule is COc1ccc(CCc2ccc(C(=O)Nc3nc4ccc(C)cc4s3)cc2)cc1. The van der Waals surface area contributed by atoms with Gasteiger partial charge in [0.15, 0.2) is 5.13 Å². The number of methoxy groups -OCH3 is 1. The summed E-state index contributed by atoms with van der Waals surface area (Å²) in [4.78, 5) is 17.0. The van der Waals surface area contributed by atoms with Crippen molar-refractivity contribution in [2.24, 2.45) is 0 Å². The first-order valence-electron chi connectivity index (χ1n) is 9.51. The molecule has 0 atom stereocenters. The van der Waals surface area contributed by atoms with E-state index in [9.17, 15) is 4.79 Å². The zero-order valence-corrected chi connectivity index (χ0v) is 17.3. The number of thiazole rings is 1. The predicted molar refractivity (Wildman–Crippen MR) is 119 cm³/mol. The molecule has 0 unspecified atom stereocenters. The van der Waals surface area contributed by atoms with Crippen LogP contribution in [0.3, 0.4) is 0 Å². The van der Waals surface area contributed by atoms with Gasteiger partial charge in [-0.2, -0.15) is 0 Å². The number of benzene rings is 3. The highest BCUT2D eigenvalue weighted by molar-refractivity contribution is 7.22. The zero-order valence-electron chi connectivity index (χ0n) is 16.4. The van der Waals surface area contributed by atoms with E-state index in [2.05, 4.69) is 28.5 Å². The van der Waals surface area contributed by atoms with E-state index < -0.39 is 0 Å². The van der Waals surface area contributed by atoms with Crippen molar-refractivity contribution >= 4 is 32.6 Å². The lowest BCUT2D eigenvalue weighted by molar-refractivity contribution is 0.102. The van der Waals surface area contributed by atoms with Gasteiger partial charge in [-0.25, -0.2) is 4.98 Å². The Morgan fingerprint density at radius 3 is 2.28 bits per heavy atom. The highest BCUT2D eigenvalue weighted by Crippen LogP contribution is 2.27. The Balaban J connectivity index is 1.37. The quantitative estimate of drug-likeness (QED) is 0.453. The summed E-state index contributed by atoms with van der Waals surface area (Å²) in [6, 6.07) is 22.0. The Morgan fingerprint density at radius 2 is 1.62 bits per heavy atom. The Labute approximate surface area is 174 Å². The highest BCUT2D eigenvalue weighted by atomic mass is 32.1. The summed E-state index contributed by atoms with van der Waals surface area (Å²) in [7, 11) is 1.67. The zero-order chi connectivity index (χ0) is 20.2. The number of amides is 1. The lowest BCUT2D eigenvalue weighted by Gasteiger charge is -2.06. The Hall–Kier alpha value is -3.18. The number of aromatic nitrogens is 1. The molecule has 0 spiro atoms. The molecule has 5 heteroatoms. The van der Waals surface area contributed by atoms with Crippen LogP contribution in [0.2, 0.25) is 0 Å². The first-order chi connectivity index (χ1) is 14.1. The average Bonchev–Trinajstić information content (AvgIpc) is 3.14. The first-order valence-corrected chi connectivity index (χ1v) is 10.3. The molecule has 1 N–H and O–H groups in total. The van der Waals surface area contributed by atoms with Gasteiger partial charge in [0, 0.05) is 5.56 Å². The molecule has 0 saturated heterocycles. The standard InChI is InChI=1S/C24H22N2O2S/c1-16-3-14-21-22(15-16)29-24(25-21)26-23(27)19-10-6-17(7-11-19)4-5-18-8-12-20(28-2)13-9-18/h3,6-15H,4-5H2,1-2H3,(H,25,26,27). The fourth-order valence-corrected chi connectivity index (χ4v) is 4.12. The number of hydrogen-bond acceptors (Lipinski definition) is 4. The van der Waals surface area contributed by atoms with Crippen LogP contribution < -0.4 is 10.1 Å². The van der Waals surface area contributed by atoms with E-state index in [1.165, 1.54) is 28.0 Å². The minimum Gasteiger partial charge on any atom is -0.497 e. The number of rotatable bonds is 6. The van der Waals surface area contributed by atoms with Crippen molar-refractivity contribution in [2.45, 2.75) is 19.8 Å². The Bertz CT molecular complexity index is 1130. The van der Waals surface area contributed by atoms with E-state index >= 15 is 0 Å². The van der Waals surface area contributed by atoms with Gasteiger partial charge in [0.25, 0.3) is 5.91 Å². The van der Waals surface area contributed by atoms with Gasteiger partial charge in [0.05, 0.1) is 17.3 Å². The number of carbonyl (C=O) groups excluding carboxylic acids is 1. The van der Waals surface area contributed by atoms with Gasteiger partial charge in [-0.1, -0.05) is 41.7 Å². The maximum absolute atomic E-state index is 12.6. The minimum atomic E-state index is -0.137. The number of carbonyl (C=O) groups is 1. The number of nitrogens with zero attached hydrogens (tertiary/aromatic N) is 1. The molecule has 146 valence electrons. The third-order valence-electron chi connectivity index (χ3n) is 4.84. The number of fused-ring (bicyclic) bond motifs is 1. The van der Waals surface area contributed by atoms with Gasteiger partial charge >= 0.3 is 0 Å². The molecular weight excluding hydrogens is 380 g/mol. The molecule has 0 aliphatic rings. The molecule has 1 aromatic heterocycles. The number of nitrogens with one attached hydrogen (secondary N) is 1. The Morgan fingerprint density at radius 1 is 0.966 bits per heavy atom. The second kappa shape index (κ2) is 8.45. The summed E-state index contributed by atoms with van der Waals surface area (Å²) in [5, 5.41) is 3.54. The molecule has 0 bridgehead atoms. The summed E-state index contributed by atoms with van der Waals surface area (Å²) >= 11 is 1.49. The largest absolute Gasteiger partial charge is 0.497 e. The van der Waals surface area contributed by atoms with Crippen LogP contribution in [0.1, 0.15) is 27.0 Å². The molecule has 0 fully saturated rings. The first kappa shape index (κ1) is 19.2. The van der Waals surface area contributed by atoms with Crippen LogP contribution in [0, 0.1) is 6.92 Å². The average molecular weight is 403 g/mol. The van der Waals surface area contributed by atoms with E-state index in [1.807, 2.05) is 55.5 Å². The van der Waals surface area contributed by atoms with Gasteiger partial charge in [-0.05, 0) is 72.9 Å². The van der Waals surface area contributed by atoms with Crippen LogP contribution >= 0.6 is 11.3 Å². The molecule has 0 radical (unpaired) electrons. The molecule has 0 aliphatic heterocycles. The normalized spacial score (nSPS) is 10.8. The molecule has 1 heterocycles. The third kappa shape index (κ3) is 4.63. The van der Waals surface area contributed by atoms with Gasteiger partial charge in [0.1, 0.15) is 5.75 Å². The minimum absolute atomic E-state index is 0.137. The lowest BCUT2D eigenvalue weighted by Crippen LogP contribution is -2.11. The molecule has 4 rings (SSSR count). The fraction of sp³-hybridized carbons (Fsp3) is 0.167. The Kier molecular flexibility index (Phi) is 5.58. The van der Waals surface area contributed by atoms with Gasteiger partial charge in [0.2, 0.25) is 0 Å². The fourth-order valence-electron chi connectivity index (χ4n) is 3.16. The second-order valence-corrected chi connectivity index (χ2v) is 8.02. The summed E-state index contributed by atoms with van der Waals surface area (Å²) in [6.07, 6.45) is 1.87. The topological polar surface area (TPSA) is 51.2 Å². The van der Waals surface area contributed by atoms with E-state index in [1.54, 1.807) is 7.11 Å². The smallest absolute Gasteiger partial charge is 0.257 e. The molecule has 0 aliphatic carbocycles. The van der Waals surface area contributed by atoms with Crippen molar-refractivity contribution in [2.75, 3.05) is 12.4 Å². The number of anilines is 1. The summed E-state index contributed by atoms with van der Waals surface area (Å²) in [5.74, 6) is 0.731. The van der Waals surface area contributed by atoms with Crippen molar-refractivity contribution < 1.29 is 9.53 Å². The van der Waals surface area contributed by atoms with Gasteiger partial charge in [-0.3, -0.25) is 10.1 Å². The van der Waals surface area contributed by atoms with Crippen LogP contribution in [0.4, 0.5) is 5.13 Å². The summed E-state index contributed by atoms with van der Waals surface area (Å²) < 4.78 is 6.27. The van der Waals surface area contributed by atoms with E-state index in [0.717, 1.165) is 28.8 Å². The maximum atomic E-state index is 12.6. The summed E-state index contributed by atoms with van der Waals surface area (Å²) in [5.41, 5.74) is 5.19. The monoisotopic (exact) mass is 402 g/mol. The third-order valence-corrected chi connectivity index (χ3v) is 5.78. The van der Waals surface area contributed by atoms with Gasteiger partial charge in [-0.15, -0.1) is 0 Å². The predicted octanol–water partition coefficient (Wildman–Crippen LogP) is 5.65. The van der Waals surface area contributed by atoms with Crippen molar-refractivity contribution in [1.82, 2.24) is 4.98 Å².